The summed E-state index contributed by atoms with van der Waals surface area (Å²) in [6.45, 7) is 7.48. The van der Waals surface area contributed by atoms with Crippen molar-refractivity contribution in [1.82, 2.24) is 4.90 Å². The van der Waals surface area contributed by atoms with Gasteiger partial charge in [-0.1, -0.05) is 50.0 Å². The molecule has 0 aliphatic carbocycles. The molecule has 0 spiro atoms. The van der Waals surface area contributed by atoms with Crippen molar-refractivity contribution in [2.75, 3.05) is 20.2 Å². The molecule has 23 heavy (non-hydrogen) atoms. The molecule has 1 aliphatic heterocycles. The molecule has 1 aromatic carbocycles. The highest BCUT2D eigenvalue weighted by molar-refractivity contribution is 6.76. The van der Waals surface area contributed by atoms with Crippen LogP contribution < -0.4 is 0 Å². The van der Waals surface area contributed by atoms with Gasteiger partial charge in [-0.15, -0.1) is 0 Å². The van der Waals surface area contributed by atoms with Crippen molar-refractivity contribution in [3.8, 4) is 0 Å². The zero-order valence-electron chi connectivity index (χ0n) is 14.4. The number of hydrogen-bond donors (Lipinski definition) is 0. The Morgan fingerprint density at radius 1 is 1.22 bits per heavy atom. The lowest BCUT2D eigenvalue weighted by Crippen LogP contribution is -2.33. The number of esters is 1. The number of carbonyl (C=O) groups excluding carboxylic acids is 2. The summed E-state index contributed by atoms with van der Waals surface area (Å²) < 4.78 is 4.71. The largest absolute Gasteiger partial charge is 0.468 e. The molecule has 1 aromatic rings. The van der Waals surface area contributed by atoms with E-state index in [2.05, 4.69) is 19.6 Å². The zero-order valence-corrected chi connectivity index (χ0v) is 15.4. The van der Waals surface area contributed by atoms with Gasteiger partial charge in [-0.2, -0.15) is 0 Å². The number of benzene rings is 1. The third-order valence-electron chi connectivity index (χ3n) is 3.87. The number of ether oxygens (including phenoxy) is 1. The van der Waals surface area contributed by atoms with E-state index in [4.69, 9.17) is 4.74 Å². The maximum Gasteiger partial charge on any atom is 0.325 e. The number of rotatable bonds is 6. The van der Waals surface area contributed by atoms with Crippen LogP contribution in [0.25, 0.3) is 0 Å². The first-order valence-electron chi connectivity index (χ1n) is 7.91. The van der Waals surface area contributed by atoms with E-state index in [1.165, 1.54) is 12.7 Å². The lowest BCUT2D eigenvalue weighted by molar-refractivity contribution is -0.145. The van der Waals surface area contributed by atoms with Crippen molar-refractivity contribution in [2.24, 2.45) is 0 Å². The van der Waals surface area contributed by atoms with Gasteiger partial charge in [0.15, 0.2) is 0 Å². The second kappa shape index (κ2) is 7.13. The Bertz CT molecular complexity index is 617. The first-order valence-corrected chi connectivity index (χ1v) is 11.6. The lowest BCUT2D eigenvalue weighted by Gasteiger charge is -2.18. The van der Waals surface area contributed by atoms with Gasteiger partial charge < -0.3 is 9.64 Å². The summed E-state index contributed by atoms with van der Waals surface area (Å²) in [5, 5.41) is 0. The molecule has 1 aliphatic rings. The summed E-state index contributed by atoms with van der Waals surface area (Å²) in [6.07, 6.45) is 0.636. The van der Waals surface area contributed by atoms with Gasteiger partial charge in [0.05, 0.1) is 7.11 Å². The normalized spacial score (nSPS) is 15.3. The molecule has 0 fully saturated rings. The Morgan fingerprint density at radius 3 is 2.43 bits per heavy atom. The fourth-order valence-corrected chi connectivity index (χ4v) is 4.50. The number of hydrogen-bond acceptors (Lipinski definition) is 3. The smallest absolute Gasteiger partial charge is 0.325 e. The van der Waals surface area contributed by atoms with Gasteiger partial charge in [0, 0.05) is 26.6 Å². The summed E-state index contributed by atoms with van der Waals surface area (Å²) in [7, 11) is 0.00972. The van der Waals surface area contributed by atoms with Gasteiger partial charge in [0.25, 0.3) is 5.91 Å². The number of methoxy groups -OCH3 is 1. The Balaban J connectivity index is 2.24. The van der Waals surface area contributed by atoms with Gasteiger partial charge >= 0.3 is 5.97 Å². The predicted octanol–water partition coefficient (Wildman–Crippen LogP) is 2.88. The molecule has 4 nitrogen and oxygen atoms in total. The number of carbonyl (C=O) groups is 2. The van der Waals surface area contributed by atoms with Gasteiger partial charge in [-0.3, -0.25) is 9.59 Å². The second-order valence-electron chi connectivity index (χ2n) is 7.22. The molecule has 0 radical (unpaired) electrons. The van der Waals surface area contributed by atoms with Crippen molar-refractivity contribution >= 4 is 20.0 Å². The summed E-state index contributed by atoms with van der Waals surface area (Å²) in [5.74, 6) is -0.390. The Kier molecular flexibility index (Phi) is 5.41. The summed E-state index contributed by atoms with van der Waals surface area (Å²) in [4.78, 5) is 25.9. The van der Waals surface area contributed by atoms with E-state index < -0.39 is 8.07 Å². The van der Waals surface area contributed by atoms with Crippen LogP contribution in [0.3, 0.4) is 0 Å². The third kappa shape index (κ3) is 4.79. The van der Waals surface area contributed by atoms with Gasteiger partial charge in [0.2, 0.25) is 0 Å². The van der Waals surface area contributed by atoms with Crippen molar-refractivity contribution < 1.29 is 14.3 Å². The highest BCUT2D eigenvalue weighted by Gasteiger charge is 2.33. The molecule has 2 rings (SSSR count). The van der Waals surface area contributed by atoms with E-state index in [1.54, 1.807) is 4.90 Å². The second-order valence-corrected chi connectivity index (χ2v) is 12.7. The van der Waals surface area contributed by atoms with Crippen LogP contribution >= 0.6 is 0 Å². The van der Waals surface area contributed by atoms with E-state index in [1.807, 2.05) is 30.3 Å². The minimum absolute atomic E-state index is 0.0208. The minimum Gasteiger partial charge on any atom is -0.468 e. The van der Waals surface area contributed by atoms with E-state index in [-0.39, 0.29) is 18.4 Å². The highest BCUT2D eigenvalue weighted by atomic mass is 28.3. The van der Waals surface area contributed by atoms with Gasteiger partial charge in [0.1, 0.15) is 6.54 Å². The highest BCUT2D eigenvalue weighted by Crippen LogP contribution is 2.29. The lowest BCUT2D eigenvalue weighted by atomic mass is 10.0. The maximum atomic E-state index is 12.7. The molecular weight excluding hydrogens is 306 g/mol. The van der Waals surface area contributed by atoms with Gasteiger partial charge in [-0.25, -0.2) is 0 Å². The molecule has 0 N–H and O–H groups in total. The molecule has 5 heteroatoms. The molecule has 1 amide bonds. The Morgan fingerprint density at radius 2 is 1.87 bits per heavy atom. The Labute approximate surface area is 139 Å². The van der Waals surface area contributed by atoms with Gasteiger partial charge in [-0.05, 0) is 17.2 Å². The average Bonchev–Trinajstić information content (AvgIpc) is 2.75. The molecule has 0 saturated carbocycles. The first kappa shape index (κ1) is 17.5. The number of nitrogens with zero attached hydrogens (tertiary/aromatic N) is 1. The van der Waals surface area contributed by atoms with Crippen LogP contribution in [-0.2, 0) is 20.7 Å². The summed E-state index contributed by atoms with van der Waals surface area (Å²) in [5.41, 5.74) is 3.19. The number of amides is 1. The topological polar surface area (TPSA) is 46.6 Å². The molecule has 0 atom stereocenters. The zero-order chi connectivity index (χ0) is 17.0. The van der Waals surface area contributed by atoms with Crippen molar-refractivity contribution in [3.63, 3.8) is 0 Å². The molecule has 0 saturated heterocycles. The monoisotopic (exact) mass is 331 g/mol. The maximum absolute atomic E-state index is 12.7. The molecule has 0 aromatic heterocycles. The minimum atomic E-state index is -1.34. The summed E-state index contributed by atoms with van der Waals surface area (Å²) >= 11 is 0. The molecule has 124 valence electrons. The molecule has 0 bridgehead atoms. The van der Waals surface area contributed by atoms with E-state index >= 15 is 0 Å². The van der Waals surface area contributed by atoms with Crippen LogP contribution in [0.1, 0.15) is 5.56 Å². The van der Waals surface area contributed by atoms with Crippen LogP contribution in [0.15, 0.2) is 41.5 Å². The predicted molar refractivity (Wildman–Crippen MR) is 93.9 cm³/mol. The SMILES string of the molecule is COC(=O)CN1CC(C[Si](C)(C)C)=C(Cc2ccccc2)C1=O. The average molecular weight is 331 g/mol. The van der Waals surface area contributed by atoms with Crippen molar-refractivity contribution in [2.45, 2.75) is 32.1 Å². The van der Waals surface area contributed by atoms with Crippen LogP contribution in [0.4, 0.5) is 0 Å². The van der Waals surface area contributed by atoms with Crippen molar-refractivity contribution in [3.05, 3.63) is 47.0 Å². The fourth-order valence-electron chi connectivity index (χ4n) is 2.89. The standard InChI is InChI=1S/C18H25NO3Si/c1-22-17(20)12-19-11-15(13-23(2,3)4)16(18(19)21)10-14-8-6-5-7-9-14/h5-9H,10-13H2,1-4H3. The van der Waals surface area contributed by atoms with Crippen LogP contribution in [-0.4, -0.2) is 45.0 Å². The first-order chi connectivity index (χ1) is 10.8. The van der Waals surface area contributed by atoms with E-state index in [0.717, 1.165) is 17.2 Å². The molecule has 0 unspecified atom stereocenters. The third-order valence-corrected chi connectivity index (χ3v) is 5.36. The molecule has 1 heterocycles. The van der Waals surface area contributed by atoms with Crippen molar-refractivity contribution in [1.29, 1.82) is 0 Å². The van der Waals surface area contributed by atoms with Crippen LogP contribution in [0, 0.1) is 0 Å². The van der Waals surface area contributed by atoms with Crippen LogP contribution in [0.5, 0.6) is 0 Å². The quantitative estimate of drug-likeness (QED) is 0.595. The van der Waals surface area contributed by atoms with Crippen LogP contribution in [0.2, 0.25) is 25.7 Å². The Hall–Kier alpha value is -1.88. The fraction of sp³-hybridized carbons (Fsp3) is 0.444. The molecular formula is C18H25NO3Si. The van der Waals surface area contributed by atoms with E-state index in [0.29, 0.717) is 13.0 Å². The van der Waals surface area contributed by atoms with E-state index in [9.17, 15) is 9.59 Å². The summed E-state index contributed by atoms with van der Waals surface area (Å²) in [6, 6.07) is 11.0.